The Kier molecular flexibility index (Phi) is 5.08. The highest BCUT2D eigenvalue weighted by molar-refractivity contribution is 7.92. The predicted octanol–water partition coefficient (Wildman–Crippen LogP) is 3.13. The first-order valence-electron chi connectivity index (χ1n) is 7.23. The summed E-state index contributed by atoms with van der Waals surface area (Å²) in [5, 5.41) is 11.0. The second-order valence-electron chi connectivity index (χ2n) is 5.07. The molecule has 0 aliphatic carbocycles. The van der Waals surface area contributed by atoms with Gasteiger partial charge in [-0.25, -0.2) is 8.42 Å². The number of hydrogen-bond donors (Lipinski definition) is 0. The van der Waals surface area contributed by atoms with Gasteiger partial charge in [0.2, 0.25) is 0 Å². The average molecular weight is 350 g/mol. The van der Waals surface area contributed by atoms with Crippen LogP contribution in [-0.2, 0) is 10.0 Å². The maximum absolute atomic E-state index is 12.9. The van der Waals surface area contributed by atoms with E-state index in [9.17, 15) is 18.5 Å². The number of aryl methyl sites for hydroxylation is 1. The minimum Gasteiger partial charge on any atom is -0.497 e. The van der Waals surface area contributed by atoms with E-state index in [1.165, 1.54) is 31.4 Å². The number of rotatable bonds is 6. The molecule has 0 unspecified atom stereocenters. The van der Waals surface area contributed by atoms with Crippen molar-refractivity contribution in [3.63, 3.8) is 0 Å². The lowest BCUT2D eigenvalue weighted by molar-refractivity contribution is -0.384. The SMILES string of the molecule is CCN(c1cc([N+](=O)[O-])ccc1C)S(=O)(=O)c1ccc(OC)cc1. The molecular formula is C16H18N2O5S. The maximum atomic E-state index is 12.9. The zero-order valence-electron chi connectivity index (χ0n) is 13.6. The van der Waals surface area contributed by atoms with Gasteiger partial charge in [0, 0.05) is 18.7 Å². The van der Waals surface area contributed by atoms with Crippen molar-refractivity contribution < 1.29 is 18.1 Å². The minimum absolute atomic E-state index is 0.0936. The van der Waals surface area contributed by atoms with Crippen LogP contribution >= 0.6 is 0 Å². The van der Waals surface area contributed by atoms with Crippen LogP contribution in [0, 0.1) is 17.0 Å². The molecule has 0 spiro atoms. The standard InChI is InChI=1S/C16H18N2O5S/c1-4-17(16-11-13(18(19)20)6-5-12(16)2)24(21,22)15-9-7-14(23-3)8-10-15/h5-11H,4H2,1-3H3. The Balaban J connectivity index is 2.53. The number of benzene rings is 2. The molecular weight excluding hydrogens is 332 g/mol. The van der Waals surface area contributed by atoms with Crippen molar-refractivity contribution in [2.75, 3.05) is 18.0 Å². The Bertz CT molecular complexity index is 847. The molecule has 2 aromatic rings. The van der Waals surface area contributed by atoms with E-state index in [1.807, 2.05) is 0 Å². The zero-order chi connectivity index (χ0) is 17.9. The first kappa shape index (κ1) is 17.7. The molecule has 0 heterocycles. The average Bonchev–Trinajstić information content (AvgIpc) is 2.56. The van der Waals surface area contributed by atoms with E-state index in [-0.39, 0.29) is 17.1 Å². The Morgan fingerprint density at radius 1 is 1.17 bits per heavy atom. The number of hydrogen-bond acceptors (Lipinski definition) is 5. The summed E-state index contributed by atoms with van der Waals surface area (Å²) in [5.41, 5.74) is 0.779. The fourth-order valence-electron chi connectivity index (χ4n) is 2.32. The lowest BCUT2D eigenvalue weighted by atomic mass is 10.2. The molecule has 2 aromatic carbocycles. The van der Waals surface area contributed by atoms with Crippen molar-refractivity contribution in [2.24, 2.45) is 0 Å². The van der Waals surface area contributed by atoms with Crippen LogP contribution in [0.5, 0.6) is 5.75 Å². The summed E-state index contributed by atoms with van der Waals surface area (Å²) in [5.74, 6) is 0.545. The Morgan fingerprint density at radius 2 is 1.79 bits per heavy atom. The third-order valence-electron chi connectivity index (χ3n) is 3.61. The molecule has 0 saturated carbocycles. The molecule has 0 atom stereocenters. The van der Waals surface area contributed by atoms with E-state index in [4.69, 9.17) is 4.74 Å². The van der Waals surface area contributed by atoms with Gasteiger partial charge in [0.25, 0.3) is 15.7 Å². The molecule has 0 aliphatic heterocycles. The highest BCUT2D eigenvalue weighted by Crippen LogP contribution is 2.30. The number of anilines is 1. The van der Waals surface area contributed by atoms with Crippen LogP contribution in [0.25, 0.3) is 0 Å². The van der Waals surface area contributed by atoms with Gasteiger partial charge in [-0.05, 0) is 43.7 Å². The summed E-state index contributed by atoms with van der Waals surface area (Å²) in [6, 6.07) is 10.2. The number of nitro benzene ring substituents is 1. The van der Waals surface area contributed by atoms with Crippen molar-refractivity contribution in [3.8, 4) is 5.75 Å². The van der Waals surface area contributed by atoms with Gasteiger partial charge in [-0.15, -0.1) is 0 Å². The molecule has 7 nitrogen and oxygen atoms in total. The van der Waals surface area contributed by atoms with Crippen LogP contribution in [0.1, 0.15) is 12.5 Å². The monoisotopic (exact) mass is 350 g/mol. The second-order valence-corrected chi connectivity index (χ2v) is 6.94. The van der Waals surface area contributed by atoms with Gasteiger partial charge in [-0.2, -0.15) is 0 Å². The van der Waals surface area contributed by atoms with Crippen LogP contribution in [0.2, 0.25) is 0 Å². The van der Waals surface area contributed by atoms with Gasteiger partial charge in [-0.3, -0.25) is 14.4 Å². The normalized spacial score (nSPS) is 11.1. The molecule has 0 aliphatic rings. The Labute approximate surface area is 140 Å². The van der Waals surface area contributed by atoms with Gasteiger partial charge in [0.1, 0.15) is 5.75 Å². The highest BCUT2D eigenvalue weighted by atomic mass is 32.2. The van der Waals surface area contributed by atoms with Gasteiger partial charge < -0.3 is 4.74 Å². The molecule has 0 aromatic heterocycles. The summed E-state index contributed by atoms with van der Waals surface area (Å²) in [6.07, 6.45) is 0. The first-order valence-corrected chi connectivity index (χ1v) is 8.67. The van der Waals surface area contributed by atoms with Gasteiger partial charge in [0.15, 0.2) is 0 Å². The molecule has 0 N–H and O–H groups in total. The van der Waals surface area contributed by atoms with Crippen molar-refractivity contribution >= 4 is 21.4 Å². The molecule has 0 radical (unpaired) electrons. The van der Waals surface area contributed by atoms with E-state index in [0.29, 0.717) is 17.0 Å². The lowest BCUT2D eigenvalue weighted by Crippen LogP contribution is -2.31. The van der Waals surface area contributed by atoms with Crippen LogP contribution in [0.15, 0.2) is 47.4 Å². The minimum atomic E-state index is -3.84. The third-order valence-corrected chi connectivity index (χ3v) is 5.51. The molecule has 8 heteroatoms. The van der Waals surface area contributed by atoms with Crippen LogP contribution in [0.3, 0.4) is 0 Å². The molecule has 2 rings (SSSR count). The summed E-state index contributed by atoms with van der Waals surface area (Å²) >= 11 is 0. The maximum Gasteiger partial charge on any atom is 0.271 e. The topological polar surface area (TPSA) is 89.8 Å². The fraction of sp³-hybridized carbons (Fsp3) is 0.250. The number of nitrogens with zero attached hydrogens (tertiary/aromatic N) is 2. The van der Waals surface area contributed by atoms with Crippen LogP contribution < -0.4 is 9.04 Å². The number of ether oxygens (including phenoxy) is 1. The van der Waals surface area contributed by atoms with E-state index >= 15 is 0 Å². The Hall–Kier alpha value is -2.61. The van der Waals surface area contributed by atoms with E-state index < -0.39 is 14.9 Å². The van der Waals surface area contributed by atoms with E-state index in [2.05, 4.69) is 0 Å². The Morgan fingerprint density at radius 3 is 2.29 bits per heavy atom. The van der Waals surface area contributed by atoms with Crippen molar-refractivity contribution in [2.45, 2.75) is 18.7 Å². The summed E-state index contributed by atoms with van der Waals surface area (Å²) in [7, 11) is -2.34. The summed E-state index contributed by atoms with van der Waals surface area (Å²) in [6.45, 7) is 3.54. The largest absolute Gasteiger partial charge is 0.497 e. The van der Waals surface area contributed by atoms with Crippen molar-refractivity contribution in [1.29, 1.82) is 0 Å². The van der Waals surface area contributed by atoms with Crippen molar-refractivity contribution in [3.05, 3.63) is 58.1 Å². The molecule has 0 saturated heterocycles. The molecule has 0 fully saturated rings. The predicted molar refractivity (Wildman–Crippen MR) is 91.0 cm³/mol. The van der Waals surface area contributed by atoms with Gasteiger partial charge in [-0.1, -0.05) is 6.07 Å². The quantitative estimate of drug-likeness (QED) is 0.590. The number of sulfonamides is 1. The zero-order valence-corrected chi connectivity index (χ0v) is 14.4. The summed E-state index contributed by atoms with van der Waals surface area (Å²) < 4.78 is 32.0. The van der Waals surface area contributed by atoms with E-state index in [0.717, 1.165) is 4.31 Å². The number of nitro groups is 1. The molecule has 0 amide bonds. The number of non-ortho nitro benzene ring substituents is 1. The first-order chi connectivity index (χ1) is 11.3. The van der Waals surface area contributed by atoms with Gasteiger partial charge in [0.05, 0.1) is 22.6 Å². The van der Waals surface area contributed by atoms with Crippen LogP contribution in [0.4, 0.5) is 11.4 Å². The highest BCUT2D eigenvalue weighted by Gasteiger charge is 2.26. The van der Waals surface area contributed by atoms with Crippen LogP contribution in [-0.4, -0.2) is 27.0 Å². The van der Waals surface area contributed by atoms with Crippen molar-refractivity contribution in [1.82, 2.24) is 0 Å². The number of methoxy groups -OCH3 is 1. The summed E-state index contributed by atoms with van der Waals surface area (Å²) in [4.78, 5) is 10.5. The van der Waals surface area contributed by atoms with E-state index in [1.54, 1.807) is 32.0 Å². The fourth-order valence-corrected chi connectivity index (χ4v) is 3.85. The molecule has 128 valence electrons. The van der Waals surface area contributed by atoms with Gasteiger partial charge >= 0.3 is 0 Å². The third kappa shape index (κ3) is 3.33. The molecule has 24 heavy (non-hydrogen) atoms. The smallest absolute Gasteiger partial charge is 0.271 e. The lowest BCUT2D eigenvalue weighted by Gasteiger charge is -2.24. The second kappa shape index (κ2) is 6.88. The molecule has 0 bridgehead atoms.